The molecule has 0 saturated carbocycles. The van der Waals surface area contributed by atoms with Crippen LogP contribution in [-0.2, 0) is 24.1 Å². The first-order chi connectivity index (χ1) is 14.1. The normalized spacial score (nSPS) is 17.7. The van der Waals surface area contributed by atoms with Crippen LogP contribution in [0.4, 0.5) is 5.82 Å². The predicted octanol–water partition coefficient (Wildman–Crippen LogP) is 4.61. The molecule has 2 aliphatic rings. The molecular formula is C23H34N4OS. The highest BCUT2D eigenvalue weighted by Crippen LogP contribution is 2.39. The van der Waals surface area contributed by atoms with Crippen molar-refractivity contribution in [2.24, 2.45) is 5.92 Å². The van der Waals surface area contributed by atoms with Gasteiger partial charge in [-0.3, -0.25) is 4.79 Å². The van der Waals surface area contributed by atoms with Gasteiger partial charge in [0.2, 0.25) is 5.91 Å². The number of aromatic nitrogens is 2. The molecule has 1 aliphatic carbocycles. The molecule has 1 saturated heterocycles. The van der Waals surface area contributed by atoms with Gasteiger partial charge in [-0.2, -0.15) is 0 Å². The van der Waals surface area contributed by atoms with E-state index in [2.05, 4.69) is 25.7 Å². The zero-order chi connectivity index (χ0) is 20.4. The molecule has 6 heteroatoms. The number of carbonyl (C=O) groups is 1. The van der Waals surface area contributed by atoms with Gasteiger partial charge in [0.1, 0.15) is 16.5 Å². The molecule has 0 bridgehead atoms. The van der Waals surface area contributed by atoms with Crippen molar-refractivity contribution in [2.45, 2.75) is 72.1 Å². The number of hydrogen-bond donors (Lipinski definition) is 0. The van der Waals surface area contributed by atoms with Crippen LogP contribution in [0.3, 0.4) is 0 Å². The van der Waals surface area contributed by atoms with Gasteiger partial charge in [-0.05, 0) is 43.6 Å². The minimum Gasteiger partial charge on any atom is -0.352 e. The van der Waals surface area contributed by atoms with E-state index >= 15 is 0 Å². The third-order valence-corrected chi connectivity index (χ3v) is 7.26. The third kappa shape index (κ3) is 4.42. The van der Waals surface area contributed by atoms with Crippen LogP contribution in [0.2, 0.25) is 0 Å². The maximum atomic E-state index is 12.3. The van der Waals surface area contributed by atoms with Crippen molar-refractivity contribution in [3.8, 4) is 0 Å². The number of thiophene rings is 1. The Bertz CT molecular complexity index is 867. The summed E-state index contributed by atoms with van der Waals surface area (Å²) in [4.78, 5) is 29.6. The zero-order valence-electron chi connectivity index (χ0n) is 18.2. The number of rotatable bonds is 5. The molecule has 2 aromatic heterocycles. The molecule has 158 valence electrons. The van der Waals surface area contributed by atoms with Crippen molar-refractivity contribution < 1.29 is 4.79 Å². The van der Waals surface area contributed by atoms with Crippen LogP contribution in [0.1, 0.15) is 69.1 Å². The monoisotopic (exact) mass is 414 g/mol. The number of aryl methyl sites for hydroxylation is 2. The van der Waals surface area contributed by atoms with E-state index in [9.17, 15) is 4.79 Å². The van der Waals surface area contributed by atoms with Gasteiger partial charge in [-0.25, -0.2) is 9.97 Å². The van der Waals surface area contributed by atoms with Crippen LogP contribution < -0.4 is 4.90 Å². The summed E-state index contributed by atoms with van der Waals surface area (Å²) in [5.41, 5.74) is 1.51. The molecule has 0 N–H and O–H groups in total. The van der Waals surface area contributed by atoms with E-state index in [1.54, 1.807) is 0 Å². The molecular weight excluding hydrogens is 380 g/mol. The highest BCUT2D eigenvalue weighted by Gasteiger charge is 2.27. The van der Waals surface area contributed by atoms with E-state index in [1.165, 1.54) is 46.3 Å². The predicted molar refractivity (Wildman–Crippen MR) is 121 cm³/mol. The minimum atomic E-state index is 0.296. The Labute approximate surface area is 178 Å². The molecule has 0 aromatic carbocycles. The van der Waals surface area contributed by atoms with Gasteiger partial charge < -0.3 is 9.80 Å². The summed E-state index contributed by atoms with van der Waals surface area (Å²) in [5.74, 6) is 2.95. The molecule has 4 rings (SSSR count). The fraction of sp³-hybridized carbons (Fsp3) is 0.696. The fourth-order valence-electron chi connectivity index (χ4n) is 4.58. The Kier molecular flexibility index (Phi) is 6.38. The van der Waals surface area contributed by atoms with Gasteiger partial charge in [-0.15, -0.1) is 11.3 Å². The van der Waals surface area contributed by atoms with E-state index in [4.69, 9.17) is 9.97 Å². The molecule has 29 heavy (non-hydrogen) atoms. The summed E-state index contributed by atoms with van der Waals surface area (Å²) < 4.78 is 0. The summed E-state index contributed by atoms with van der Waals surface area (Å²) in [7, 11) is 0. The van der Waals surface area contributed by atoms with Crippen molar-refractivity contribution in [1.29, 1.82) is 0 Å². The number of fused-ring (bicyclic) bond motifs is 3. The number of amides is 1. The molecule has 0 atom stereocenters. The first-order valence-electron chi connectivity index (χ1n) is 11.4. The Balaban J connectivity index is 1.68. The standard InChI is InChI=1S/C23H34N4OS/c1-4-8-20(28)26-11-13-27(14-12-26)22-21-17-9-6-5-7-10-18(17)29-23(21)25-19(24-22)15-16(2)3/h16H,4-15H2,1-3H3. The molecule has 0 spiro atoms. The van der Waals surface area contributed by atoms with Gasteiger partial charge in [0.05, 0.1) is 5.39 Å². The third-order valence-electron chi connectivity index (χ3n) is 6.08. The first-order valence-corrected chi connectivity index (χ1v) is 12.2. The second-order valence-electron chi connectivity index (χ2n) is 8.92. The van der Waals surface area contributed by atoms with E-state index in [-0.39, 0.29) is 0 Å². The molecule has 0 radical (unpaired) electrons. The quantitative estimate of drug-likeness (QED) is 0.671. The van der Waals surface area contributed by atoms with Crippen LogP contribution in [0.5, 0.6) is 0 Å². The van der Waals surface area contributed by atoms with Gasteiger partial charge in [0.25, 0.3) is 0 Å². The van der Waals surface area contributed by atoms with Crippen molar-refractivity contribution in [3.05, 3.63) is 16.3 Å². The lowest BCUT2D eigenvalue weighted by Gasteiger charge is -2.36. The maximum Gasteiger partial charge on any atom is 0.222 e. The average molecular weight is 415 g/mol. The largest absolute Gasteiger partial charge is 0.352 e. The molecule has 2 aromatic rings. The van der Waals surface area contributed by atoms with E-state index in [1.807, 2.05) is 16.2 Å². The Morgan fingerprint density at radius 3 is 2.55 bits per heavy atom. The number of anilines is 1. The highest BCUT2D eigenvalue weighted by molar-refractivity contribution is 7.19. The van der Waals surface area contributed by atoms with E-state index in [0.717, 1.165) is 57.1 Å². The average Bonchev–Trinajstić information content (AvgIpc) is 2.88. The van der Waals surface area contributed by atoms with Crippen molar-refractivity contribution in [2.75, 3.05) is 31.1 Å². The number of carbonyl (C=O) groups excluding carboxylic acids is 1. The van der Waals surface area contributed by atoms with Crippen molar-refractivity contribution in [1.82, 2.24) is 14.9 Å². The lowest BCUT2D eigenvalue weighted by Crippen LogP contribution is -2.49. The summed E-state index contributed by atoms with van der Waals surface area (Å²) in [6, 6.07) is 0. The second kappa shape index (κ2) is 8.99. The summed E-state index contributed by atoms with van der Waals surface area (Å²) in [5, 5.41) is 1.31. The molecule has 0 unspecified atom stereocenters. The van der Waals surface area contributed by atoms with Gasteiger partial charge in [0.15, 0.2) is 0 Å². The van der Waals surface area contributed by atoms with Crippen LogP contribution in [0.15, 0.2) is 0 Å². The Morgan fingerprint density at radius 2 is 1.83 bits per heavy atom. The fourth-order valence-corrected chi connectivity index (χ4v) is 5.86. The number of hydrogen-bond acceptors (Lipinski definition) is 5. The van der Waals surface area contributed by atoms with Crippen LogP contribution in [-0.4, -0.2) is 47.0 Å². The number of nitrogens with zero attached hydrogens (tertiary/aromatic N) is 4. The SMILES string of the molecule is CCCC(=O)N1CCN(c2nc(CC(C)C)nc3sc4c(c23)CCCCC4)CC1. The van der Waals surface area contributed by atoms with Gasteiger partial charge in [0, 0.05) is 43.9 Å². The Hall–Kier alpha value is -1.69. The maximum absolute atomic E-state index is 12.3. The summed E-state index contributed by atoms with van der Waals surface area (Å²) in [6.45, 7) is 9.88. The molecule has 1 aliphatic heterocycles. The van der Waals surface area contributed by atoms with E-state index in [0.29, 0.717) is 18.2 Å². The highest BCUT2D eigenvalue weighted by atomic mass is 32.1. The molecule has 3 heterocycles. The summed E-state index contributed by atoms with van der Waals surface area (Å²) in [6.07, 6.45) is 8.73. The second-order valence-corrected chi connectivity index (χ2v) is 10.0. The van der Waals surface area contributed by atoms with Crippen molar-refractivity contribution >= 4 is 33.3 Å². The van der Waals surface area contributed by atoms with Gasteiger partial charge >= 0.3 is 0 Å². The van der Waals surface area contributed by atoms with Gasteiger partial charge in [-0.1, -0.05) is 27.2 Å². The topological polar surface area (TPSA) is 49.3 Å². The lowest BCUT2D eigenvalue weighted by molar-refractivity contribution is -0.131. The summed E-state index contributed by atoms with van der Waals surface area (Å²) >= 11 is 1.90. The van der Waals surface area contributed by atoms with Crippen molar-refractivity contribution in [3.63, 3.8) is 0 Å². The lowest BCUT2D eigenvalue weighted by atomic mass is 10.1. The molecule has 5 nitrogen and oxygen atoms in total. The van der Waals surface area contributed by atoms with Crippen LogP contribution >= 0.6 is 11.3 Å². The number of piperazine rings is 1. The Morgan fingerprint density at radius 1 is 1.07 bits per heavy atom. The van der Waals surface area contributed by atoms with Crippen LogP contribution in [0.25, 0.3) is 10.2 Å². The molecule has 1 amide bonds. The smallest absolute Gasteiger partial charge is 0.222 e. The first kappa shape index (κ1) is 20.6. The minimum absolute atomic E-state index is 0.296. The van der Waals surface area contributed by atoms with Crippen LogP contribution in [0, 0.1) is 5.92 Å². The molecule has 1 fully saturated rings. The zero-order valence-corrected chi connectivity index (χ0v) is 19.0. The van der Waals surface area contributed by atoms with E-state index < -0.39 is 0 Å².